The van der Waals surface area contributed by atoms with Crippen molar-refractivity contribution in [1.29, 1.82) is 0 Å². The molecule has 9 nitrogen and oxygen atoms in total. The van der Waals surface area contributed by atoms with Crippen LogP contribution in [0, 0.1) is 0 Å². The number of aliphatic imine (C=N–C) groups is 1. The number of nitrogens with zero attached hydrogens (tertiary/aromatic N) is 2. The maximum atomic E-state index is 11.9. The van der Waals surface area contributed by atoms with Crippen LogP contribution in [0.15, 0.2) is 17.1 Å². The fraction of sp³-hybridized carbons (Fsp3) is 0.652. The zero-order valence-electron chi connectivity index (χ0n) is 20.5. The number of hydrogen-bond acceptors (Lipinski definition) is 6. The van der Waals surface area contributed by atoms with E-state index < -0.39 is 0 Å². The minimum atomic E-state index is 0. The third-order valence-electron chi connectivity index (χ3n) is 5.58. The molecular formula is C23H40IN5O4. The van der Waals surface area contributed by atoms with E-state index in [0.717, 1.165) is 61.9 Å². The maximum absolute atomic E-state index is 11.9. The van der Waals surface area contributed by atoms with Crippen LogP contribution in [0.2, 0.25) is 0 Å². The first-order valence-corrected chi connectivity index (χ1v) is 11.3. The van der Waals surface area contributed by atoms with E-state index in [2.05, 4.69) is 32.8 Å². The third kappa shape index (κ3) is 9.44. The molecule has 1 fully saturated rings. The third-order valence-corrected chi connectivity index (χ3v) is 5.58. The van der Waals surface area contributed by atoms with Crippen LogP contribution in [0.25, 0.3) is 0 Å². The van der Waals surface area contributed by atoms with Gasteiger partial charge in [0.2, 0.25) is 5.91 Å². The Labute approximate surface area is 215 Å². The van der Waals surface area contributed by atoms with Gasteiger partial charge >= 0.3 is 0 Å². The highest BCUT2D eigenvalue weighted by Gasteiger charge is 2.21. The monoisotopic (exact) mass is 577 g/mol. The van der Waals surface area contributed by atoms with E-state index in [4.69, 9.17) is 14.2 Å². The Kier molecular flexibility index (Phi) is 13.9. The molecule has 188 valence electrons. The number of guanidine groups is 1. The molecule has 0 spiro atoms. The maximum Gasteiger partial charge on any atom is 0.234 e. The minimum Gasteiger partial charge on any atom is -0.496 e. The molecule has 1 aromatic carbocycles. The van der Waals surface area contributed by atoms with Gasteiger partial charge in [-0.15, -0.1) is 24.0 Å². The Balaban J connectivity index is 0.00000544. The number of hydrogen-bond donors (Lipinski definition) is 3. The lowest BCUT2D eigenvalue weighted by Crippen LogP contribution is -2.50. The van der Waals surface area contributed by atoms with E-state index in [9.17, 15) is 4.79 Å². The molecule has 0 aliphatic carbocycles. The van der Waals surface area contributed by atoms with E-state index in [1.807, 2.05) is 12.1 Å². The summed E-state index contributed by atoms with van der Waals surface area (Å²) >= 11 is 0. The first-order valence-electron chi connectivity index (χ1n) is 11.3. The summed E-state index contributed by atoms with van der Waals surface area (Å²) in [7, 11) is 6.69. The zero-order chi connectivity index (χ0) is 23.3. The molecule has 0 radical (unpaired) electrons. The van der Waals surface area contributed by atoms with Gasteiger partial charge in [-0.3, -0.25) is 14.7 Å². The molecule has 0 aromatic heterocycles. The molecule has 3 N–H and O–H groups in total. The molecule has 0 unspecified atom stereocenters. The molecule has 10 heteroatoms. The average Bonchev–Trinajstić information content (AvgIpc) is 2.82. The van der Waals surface area contributed by atoms with Gasteiger partial charge in [-0.2, -0.15) is 0 Å². The quantitative estimate of drug-likeness (QED) is 0.211. The Bertz CT molecular complexity index is 729. The zero-order valence-corrected chi connectivity index (χ0v) is 22.9. The SMILES string of the molecule is CCCNC(=O)CN1CCC(NC(=NC)NCCc2c(OC)cc(OC)cc2OC)CC1.I. The standard InChI is InChI=1S/C23H39N5O4.HI/c1-6-10-25-22(29)16-28-12-8-17(9-13-28)27-23(24-2)26-11-7-19-20(31-4)14-18(30-3)15-21(19)32-5;/h14-15,17H,6-13,16H2,1-5H3,(H,25,29)(H2,24,26,27);1H. The fourth-order valence-electron chi connectivity index (χ4n) is 3.78. The van der Waals surface area contributed by atoms with Crippen molar-refractivity contribution in [2.24, 2.45) is 4.99 Å². The minimum absolute atomic E-state index is 0. The lowest BCUT2D eigenvalue weighted by atomic mass is 10.1. The van der Waals surface area contributed by atoms with Gasteiger partial charge in [-0.25, -0.2) is 0 Å². The van der Waals surface area contributed by atoms with Crippen LogP contribution in [0.1, 0.15) is 31.7 Å². The first kappa shape index (κ1) is 29.1. The fourth-order valence-corrected chi connectivity index (χ4v) is 3.78. The van der Waals surface area contributed by atoms with Gasteiger partial charge in [0, 0.05) is 57.0 Å². The summed E-state index contributed by atoms with van der Waals surface area (Å²) < 4.78 is 16.4. The van der Waals surface area contributed by atoms with Gasteiger partial charge in [0.1, 0.15) is 17.2 Å². The van der Waals surface area contributed by atoms with Crippen molar-refractivity contribution in [3.63, 3.8) is 0 Å². The Morgan fingerprint density at radius 3 is 2.21 bits per heavy atom. The summed E-state index contributed by atoms with van der Waals surface area (Å²) in [5.41, 5.74) is 0.980. The summed E-state index contributed by atoms with van der Waals surface area (Å²) in [5.74, 6) is 3.06. The predicted octanol–water partition coefficient (Wildman–Crippen LogP) is 2.03. The van der Waals surface area contributed by atoms with E-state index in [-0.39, 0.29) is 29.9 Å². The van der Waals surface area contributed by atoms with Gasteiger partial charge < -0.3 is 30.2 Å². The van der Waals surface area contributed by atoms with E-state index in [1.165, 1.54) is 0 Å². The number of nitrogens with one attached hydrogen (secondary N) is 3. The number of piperidine rings is 1. The molecule has 33 heavy (non-hydrogen) atoms. The number of carbonyl (C=O) groups is 1. The van der Waals surface area contributed by atoms with E-state index in [1.54, 1.807) is 28.4 Å². The number of ether oxygens (including phenoxy) is 3. The van der Waals surface area contributed by atoms with Crippen molar-refractivity contribution < 1.29 is 19.0 Å². The number of methoxy groups -OCH3 is 3. The summed E-state index contributed by atoms with van der Waals surface area (Å²) in [6.45, 7) is 5.75. The Morgan fingerprint density at radius 2 is 1.70 bits per heavy atom. The molecule has 1 saturated heterocycles. The number of likely N-dealkylation sites (tertiary alicyclic amines) is 1. The van der Waals surface area contributed by atoms with Crippen molar-refractivity contribution in [3.8, 4) is 17.2 Å². The molecule has 1 aromatic rings. The van der Waals surface area contributed by atoms with Gasteiger partial charge in [0.25, 0.3) is 0 Å². The number of amides is 1. The number of carbonyl (C=O) groups excluding carboxylic acids is 1. The molecule has 0 bridgehead atoms. The molecule has 1 amide bonds. The van der Waals surface area contributed by atoms with Crippen molar-refractivity contribution in [2.45, 2.75) is 38.6 Å². The van der Waals surface area contributed by atoms with E-state index in [0.29, 0.717) is 31.3 Å². The lowest BCUT2D eigenvalue weighted by molar-refractivity contribution is -0.122. The second kappa shape index (κ2) is 15.8. The molecule has 2 rings (SSSR count). The van der Waals surface area contributed by atoms with E-state index >= 15 is 0 Å². The van der Waals surface area contributed by atoms with Crippen LogP contribution in [-0.2, 0) is 11.2 Å². The van der Waals surface area contributed by atoms with Crippen LogP contribution in [0.4, 0.5) is 0 Å². The average molecular weight is 578 g/mol. The van der Waals surface area contributed by atoms with Gasteiger partial charge in [0.15, 0.2) is 5.96 Å². The van der Waals surface area contributed by atoms with Gasteiger partial charge in [-0.05, 0) is 25.7 Å². The summed E-state index contributed by atoms with van der Waals surface area (Å²) in [4.78, 5) is 18.5. The van der Waals surface area contributed by atoms with Crippen LogP contribution < -0.4 is 30.2 Å². The Morgan fingerprint density at radius 1 is 1.06 bits per heavy atom. The highest BCUT2D eigenvalue weighted by molar-refractivity contribution is 14.0. The Hall–Kier alpha value is -1.95. The molecule has 0 atom stereocenters. The van der Waals surface area contributed by atoms with Crippen LogP contribution in [0.3, 0.4) is 0 Å². The van der Waals surface area contributed by atoms with Crippen molar-refractivity contribution in [2.75, 3.05) is 61.1 Å². The van der Waals surface area contributed by atoms with Gasteiger partial charge in [0.05, 0.1) is 27.9 Å². The van der Waals surface area contributed by atoms with Crippen LogP contribution in [-0.4, -0.2) is 83.9 Å². The molecular weight excluding hydrogens is 537 g/mol. The first-order chi connectivity index (χ1) is 15.5. The topological polar surface area (TPSA) is 96.5 Å². The second-order valence-corrected chi connectivity index (χ2v) is 7.80. The largest absolute Gasteiger partial charge is 0.496 e. The normalized spacial score (nSPS) is 14.8. The highest BCUT2D eigenvalue weighted by Crippen LogP contribution is 2.34. The number of benzene rings is 1. The van der Waals surface area contributed by atoms with Crippen LogP contribution in [0.5, 0.6) is 17.2 Å². The molecule has 1 aliphatic heterocycles. The smallest absolute Gasteiger partial charge is 0.234 e. The van der Waals surface area contributed by atoms with Gasteiger partial charge in [-0.1, -0.05) is 6.92 Å². The van der Waals surface area contributed by atoms with Crippen LogP contribution >= 0.6 is 24.0 Å². The number of halogens is 1. The number of rotatable bonds is 11. The summed E-state index contributed by atoms with van der Waals surface area (Å²) in [6, 6.07) is 4.06. The predicted molar refractivity (Wildman–Crippen MR) is 142 cm³/mol. The van der Waals surface area contributed by atoms with Crippen molar-refractivity contribution in [1.82, 2.24) is 20.9 Å². The van der Waals surface area contributed by atoms with Crippen molar-refractivity contribution in [3.05, 3.63) is 17.7 Å². The van der Waals surface area contributed by atoms with Crippen molar-refractivity contribution >= 4 is 35.8 Å². The highest BCUT2D eigenvalue weighted by atomic mass is 127. The molecule has 1 aliphatic rings. The summed E-state index contributed by atoms with van der Waals surface area (Å²) in [5, 5.41) is 9.83. The molecule has 1 heterocycles. The summed E-state index contributed by atoms with van der Waals surface area (Å²) in [6.07, 6.45) is 3.62. The second-order valence-electron chi connectivity index (χ2n) is 7.80. The lowest BCUT2D eigenvalue weighted by Gasteiger charge is -2.32. The molecule has 0 saturated carbocycles.